The van der Waals surface area contributed by atoms with Gasteiger partial charge in [-0.25, -0.2) is 4.98 Å². The molecule has 0 saturated carbocycles. The molecule has 0 saturated heterocycles. The van der Waals surface area contributed by atoms with Crippen LogP contribution in [0.5, 0.6) is 0 Å². The summed E-state index contributed by atoms with van der Waals surface area (Å²) in [6.45, 7) is 5.07. The zero-order valence-corrected chi connectivity index (χ0v) is 12.6. The van der Waals surface area contributed by atoms with E-state index in [1.165, 1.54) is 11.1 Å². The Bertz CT molecular complexity index is 561. The van der Waals surface area contributed by atoms with E-state index in [0.717, 1.165) is 36.6 Å². The third kappa shape index (κ3) is 3.50. The van der Waals surface area contributed by atoms with Gasteiger partial charge in [-0.05, 0) is 43.0 Å². The number of nitrogens with zero attached hydrogens (tertiary/aromatic N) is 2. The van der Waals surface area contributed by atoms with E-state index in [0.29, 0.717) is 0 Å². The highest BCUT2D eigenvalue weighted by Gasteiger charge is 2.04. The van der Waals surface area contributed by atoms with Crippen molar-refractivity contribution in [3.05, 3.63) is 53.2 Å². The number of hydrogen-bond donors (Lipinski definition) is 1. The summed E-state index contributed by atoms with van der Waals surface area (Å²) in [4.78, 5) is 6.68. The molecular formula is C17H23N3. The second-order valence-electron chi connectivity index (χ2n) is 5.19. The number of aryl methyl sites for hydroxylation is 2. The zero-order chi connectivity index (χ0) is 14.5. The molecule has 3 heteroatoms. The van der Waals surface area contributed by atoms with Gasteiger partial charge in [0.2, 0.25) is 0 Å². The molecular weight excluding hydrogens is 246 g/mol. The summed E-state index contributed by atoms with van der Waals surface area (Å²) in [6.07, 6.45) is 2.11. The van der Waals surface area contributed by atoms with Crippen molar-refractivity contribution in [3.63, 3.8) is 0 Å². The highest BCUT2D eigenvalue weighted by Crippen LogP contribution is 2.15. The third-order valence-electron chi connectivity index (χ3n) is 3.67. The normalized spacial score (nSPS) is 10.6. The first kappa shape index (κ1) is 14.4. The molecule has 1 aromatic carbocycles. The van der Waals surface area contributed by atoms with Crippen LogP contribution in [0.3, 0.4) is 0 Å². The van der Waals surface area contributed by atoms with Crippen molar-refractivity contribution in [2.24, 2.45) is 0 Å². The number of nitrogens with two attached hydrogens (primary N) is 1. The minimum Gasteiger partial charge on any atom is -0.397 e. The largest absolute Gasteiger partial charge is 0.397 e. The quantitative estimate of drug-likeness (QED) is 0.906. The van der Waals surface area contributed by atoms with Gasteiger partial charge in [0.15, 0.2) is 0 Å². The zero-order valence-electron chi connectivity index (χ0n) is 12.6. The van der Waals surface area contributed by atoms with E-state index in [4.69, 9.17) is 5.73 Å². The molecule has 0 amide bonds. The van der Waals surface area contributed by atoms with Gasteiger partial charge in [0.05, 0.1) is 11.4 Å². The van der Waals surface area contributed by atoms with Crippen LogP contribution in [0.25, 0.3) is 0 Å². The fourth-order valence-corrected chi connectivity index (χ4v) is 2.12. The highest BCUT2D eigenvalue weighted by atomic mass is 15.2. The summed E-state index contributed by atoms with van der Waals surface area (Å²) < 4.78 is 0. The molecule has 0 aliphatic carbocycles. The summed E-state index contributed by atoms with van der Waals surface area (Å²) in [5, 5.41) is 0. The van der Waals surface area contributed by atoms with E-state index in [2.05, 4.69) is 48.1 Å². The van der Waals surface area contributed by atoms with Crippen molar-refractivity contribution < 1.29 is 0 Å². The molecule has 1 aromatic heterocycles. The lowest BCUT2D eigenvalue weighted by atomic mass is 10.1. The van der Waals surface area contributed by atoms with E-state index in [9.17, 15) is 0 Å². The van der Waals surface area contributed by atoms with Gasteiger partial charge >= 0.3 is 0 Å². The number of aromatic nitrogens is 1. The lowest BCUT2D eigenvalue weighted by molar-refractivity contribution is 0.856. The monoisotopic (exact) mass is 269 g/mol. The number of likely N-dealkylation sites (N-methyl/N-ethyl adjacent to an activating group) is 1. The summed E-state index contributed by atoms with van der Waals surface area (Å²) >= 11 is 0. The van der Waals surface area contributed by atoms with Gasteiger partial charge < -0.3 is 10.6 Å². The van der Waals surface area contributed by atoms with Crippen LogP contribution >= 0.6 is 0 Å². The number of anilines is 2. The van der Waals surface area contributed by atoms with Crippen LogP contribution < -0.4 is 10.6 Å². The van der Waals surface area contributed by atoms with Gasteiger partial charge in [0, 0.05) is 13.6 Å². The fourth-order valence-electron chi connectivity index (χ4n) is 2.12. The molecule has 2 N–H and O–H groups in total. The third-order valence-corrected chi connectivity index (χ3v) is 3.67. The van der Waals surface area contributed by atoms with Crippen molar-refractivity contribution in [1.29, 1.82) is 0 Å². The summed E-state index contributed by atoms with van der Waals surface area (Å²) in [6, 6.07) is 12.7. The molecule has 20 heavy (non-hydrogen) atoms. The standard InChI is InChI=1S/C17H23N3/c1-4-14-5-7-15(8-6-14)11-12-20(3)17-10-9-16(18)13(2)19-17/h5-10H,4,11-12,18H2,1-3H3. The predicted molar refractivity (Wildman–Crippen MR) is 86.2 cm³/mol. The Hall–Kier alpha value is -2.03. The number of nitrogen functional groups attached to an aromatic ring is 1. The van der Waals surface area contributed by atoms with Crippen molar-refractivity contribution in [2.45, 2.75) is 26.7 Å². The van der Waals surface area contributed by atoms with Gasteiger partial charge in [-0.2, -0.15) is 0 Å². The average Bonchev–Trinajstić information content (AvgIpc) is 2.48. The van der Waals surface area contributed by atoms with Crippen LogP contribution in [-0.2, 0) is 12.8 Å². The Morgan fingerprint density at radius 2 is 1.70 bits per heavy atom. The molecule has 0 aliphatic heterocycles. The molecule has 0 radical (unpaired) electrons. The number of rotatable bonds is 5. The molecule has 0 fully saturated rings. The van der Waals surface area contributed by atoms with Gasteiger partial charge in [-0.3, -0.25) is 0 Å². The molecule has 0 atom stereocenters. The van der Waals surface area contributed by atoms with E-state index < -0.39 is 0 Å². The summed E-state index contributed by atoms with van der Waals surface area (Å²) in [5.74, 6) is 0.974. The fraction of sp³-hybridized carbons (Fsp3) is 0.353. The molecule has 1 heterocycles. The van der Waals surface area contributed by atoms with Crippen molar-refractivity contribution in [1.82, 2.24) is 4.98 Å². The van der Waals surface area contributed by atoms with Gasteiger partial charge in [0.1, 0.15) is 5.82 Å². The maximum Gasteiger partial charge on any atom is 0.128 e. The maximum absolute atomic E-state index is 5.80. The molecule has 0 spiro atoms. The Labute approximate surface area is 121 Å². The second kappa shape index (κ2) is 6.42. The van der Waals surface area contributed by atoms with Gasteiger partial charge in [0.25, 0.3) is 0 Å². The smallest absolute Gasteiger partial charge is 0.128 e. The van der Waals surface area contributed by atoms with Crippen molar-refractivity contribution >= 4 is 11.5 Å². The Kier molecular flexibility index (Phi) is 4.61. The molecule has 3 nitrogen and oxygen atoms in total. The Morgan fingerprint density at radius 3 is 2.30 bits per heavy atom. The van der Waals surface area contributed by atoms with Crippen LogP contribution in [0, 0.1) is 6.92 Å². The predicted octanol–water partition coefficient (Wildman–Crippen LogP) is 3.21. The van der Waals surface area contributed by atoms with E-state index in [1.54, 1.807) is 0 Å². The number of hydrogen-bond acceptors (Lipinski definition) is 3. The summed E-state index contributed by atoms with van der Waals surface area (Å²) in [5.41, 5.74) is 10.2. The number of benzene rings is 1. The molecule has 0 aliphatic rings. The van der Waals surface area contributed by atoms with E-state index in [-0.39, 0.29) is 0 Å². The van der Waals surface area contributed by atoms with Gasteiger partial charge in [-0.15, -0.1) is 0 Å². The highest BCUT2D eigenvalue weighted by molar-refractivity contribution is 5.50. The SMILES string of the molecule is CCc1ccc(CCN(C)c2ccc(N)c(C)n2)cc1. The molecule has 0 bridgehead atoms. The van der Waals surface area contributed by atoms with E-state index >= 15 is 0 Å². The number of pyridine rings is 1. The molecule has 106 valence electrons. The van der Waals surface area contributed by atoms with Crippen LogP contribution in [0.15, 0.2) is 36.4 Å². The molecule has 2 rings (SSSR count). The Morgan fingerprint density at radius 1 is 1.05 bits per heavy atom. The van der Waals surface area contributed by atoms with Crippen LogP contribution in [0.1, 0.15) is 23.7 Å². The van der Waals surface area contributed by atoms with Crippen LogP contribution in [-0.4, -0.2) is 18.6 Å². The first-order valence-electron chi connectivity index (χ1n) is 7.12. The maximum atomic E-state index is 5.80. The lowest BCUT2D eigenvalue weighted by Gasteiger charge is -2.19. The topological polar surface area (TPSA) is 42.1 Å². The van der Waals surface area contributed by atoms with Crippen LogP contribution in [0.4, 0.5) is 11.5 Å². The van der Waals surface area contributed by atoms with Gasteiger partial charge in [-0.1, -0.05) is 31.2 Å². The van der Waals surface area contributed by atoms with Crippen molar-refractivity contribution in [2.75, 3.05) is 24.2 Å². The molecule has 0 unspecified atom stereocenters. The van der Waals surface area contributed by atoms with Crippen molar-refractivity contribution in [3.8, 4) is 0 Å². The first-order chi connectivity index (χ1) is 9.60. The minimum atomic E-state index is 0.748. The lowest BCUT2D eigenvalue weighted by Crippen LogP contribution is -2.21. The average molecular weight is 269 g/mol. The van der Waals surface area contributed by atoms with E-state index in [1.807, 2.05) is 19.1 Å². The molecule has 2 aromatic rings. The Balaban J connectivity index is 1.96. The summed E-state index contributed by atoms with van der Waals surface area (Å²) in [7, 11) is 2.07. The van der Waals surface area contributed by atoms with Crippen LogP contribution in [0.2, 0.25) is 0 Å². The second-order valence-corrected chi connectivity index (χ2v) is 5.19. The minimum absolute atomic E-state index is 0.748. The first-order valence-corrected chi connectivity index (χ1v) is 7.12.